The number of fused-ring (bicyclic) bond motifs is 1. The summed E-state index contributed by atoms with van der Waals surface area (Å²) in [6.07, 6.45) is 2.42. The summed E-state index contributed by atoms with van der Waals surface area (Å²) >= 11 is 1.86. The molecule has 1 aromatic carbocycles. The topological polar surface area (TPSA) is 64.4 Å². The molecule has 1 atom stereocenters. The third kappa shape index (κ3) is 3.43. The number of rotatable bonds is 3. The molecule has 2 heterocycles. The Labute approximate surface area is 142 Å². The average molecular weight is 343 g/mol. The molecule has 0 aliphatic carbocycles. The monoisotopic (exact) mass is 342 g/mol. The first kappa shape index (κ1) is 17.6. The lowest BCUT2D eigenvalue weighted by molar-refractivity contribution is -0.136. The number of halogens is 1. The number of carbonyl (C=O) groups excluding carboxylic acids is 1. The van der Waals surface area contributed by atoms with E-state index in [9.17, 15) is 4.79 Å². The lowest BCUT2D eigenvalue weighted by Crippen LogP contribution is -2.50. The maximum Gasteiger partial charge on any atom is 0.228 e. The van der Waals surface area contributed by atoms with Gasteiger partial charge in [0.25, 0.3) is 0 Å². The molecule has 6 heteroatoms. The maximum absolute atomic E-state index is 12.8. The number of hydrogen-bond donors (Lipinski definition) is 2. The second kappa shape index (κ2) is 7.68. The van der Waals surface area contributed by atoms with Gasteiger partial charge in [-0.25, -0.2) is 0 Å². The van der Waals surface area contributed by atoms with E-state index in [2.05, 4.69) is 23.5 Å². The highest BCUT2D eigenvalue weighted by molar-refractivity contribution is 7.99. The molecule has 4 nitrogen and oxygen atoms in total. The van der Waals surface area contributed by atoms with E-state index in [0.29, 0.717) is 19.8 Å². The van der Waals surface area contributed by atoms with E-state index in [4.69, 9.17) is 10.5 Å². The van der Waals surface area contributed by atoms with Gasteiger partial charge in [0, 0.05) is 30.4 Å². The van der Waals surface area contributed by atoms with Crippen LogP contribution in [0.25, 0.3) is 0 Å². The fraction of sp³-hybridized carbons (Fsp3) is 0.562. The van der Waals surface area contributed by atoms with E-state index in [0.717, 1.165) is 25.0 Å². The Morgan fingerprint density at radius 3 is 2.82 bits per heavy atom. The van der Waals surface area contributed by atoms with E-state index < -0.39 is 5.41 Å². The minimum atomic E-state index is -0.447. The summed E-state index contributed by atoms with van der Waals surface area (Å²) in [5.74, 6) is 1.14. The van der Waals surface area contributed by atoms with Crippen molar-refractivity contribution in [2.75, 3.05) is 25.5 Å². The molecule has 22 heavy (non-hydrogen) atoms. The van der Waals surface area contributed by atoms with Gasteiger partial charge in [-0.1, -0.05) is 18.2 Å². The number of ether oxygens (including phenoxy) is 1. The highest BCUT2D eigenvalue weighted by atomic mass is 35.5. The van der Waals surface area contributed by atoms with Gasteiger partial charge >= 0.3 is 0 Å². The van der Waals surface area contributed by atoms with E-state index >= 15 is 0 Å². The van der Waals surface area contributed by atoms with Crippen molar-refractivity contribution in [1.29, 1.82) is 0 Å². The number of nitrogens with one attached hydrogen (secondary N) is 1. The van der Waals surface area contributed by atoms with Crippen LogP contribution in [0.4, 0.5) is 0 Å². The van der Waals surface area contributed by atoms with E-state index in [1.165, 1.54) is 10.5 Å². The van der Waals surface area contributed by atoms with Crippen molar-refractivity contribution >= 4 is 30.1 Å². The number of thioether (sulfide) groups is 1. The molecule has 1 amide bonds. The third-order valence-electron chi connectivity index (χ3n) is 4.59. The van der Waals surface area contributed by atoms with Crippen LogP contribution in [0.5, 0.6) is 0 Å². The van der Waals surface area contributed by atoms with Crippen molar-refractivity contribution < 1.29 is 9.53 Å². The Morgan fingerprint density at radius 1 is 1.36 bits per heavy atom. The predicted octanol–water partition coefficient (Wildman–Crippen LogP) is 2.52. The van der Waals surface area contributed by atoms with Crippen LogP contribution in [-0.4, -0.2) is 31.4 Å². The van der Waals surface area contributed by atoms with Gasteiger partial charge < -0.3 is 15.8 Å². The van der Waals surface area contributed by atoms with Crippen LogP contribution >= 0.6 is 24.2 Å². The van der Waals surface area contributed by atoms with Crippen molar-refractivity contribution in [2.24, 2.45) is 11.1 Å². The van der Waals surface area contributed by atoms with Gasteiger partial charge in [0.2, 0.25) is 5.91 Å². The van der Waals surface area contributed by atoms with E-state index in [1.54, 1.807) is 0 Å². The fourth-order valence-electron chi connectivity index (χ4n) is 3.09. The molecule has 1 fully saturated rings. The molecule has 1 saturated heterocycles. The fourth-order valence-corrected chi connectivity index (χ4v) is 4.21. The highest BCUT2D eigenvalue weighted by Crippen LogP contribution is 2.37. The normalized spacial score (nSPS) is 23.0. The first-order chi connectivity index (χ1) is 10.2. The van der Waals surface area contributed by atoms with Gasteiger partial charge in [0.05, 0.1) is 11.5 Å². The summed E-state index contributed by atoms with van der Waals surface area (Å²) in [5.41, 5.74) is 6.71. The molecule has 0 aromatic heterocycles. The number of carbonyl (C=O) groups is 1. The smallest absolute Gasteiger partial charge is 0.228 e. The van der Waals surface area contributed by atoms with Gasteiger partial charge in [-0.15, -0.1) is 24.2 Å². The Balaban J connectivity index is 0.00000176. The van der Waals surface area contributed by atoms with Crippen molar-refractivity contribution in [3.05, 3.63) is 29.8 Å². The van der Waals surface area contributed by atoms with Gasteiger partial charge in [-0.2, -0.15) is 0 Å². The van der Waals surface area contributed by atoms with Crippen LogP contribution in [0, 0.1) is 5.41 Å². The molecule has 0 spiro atoms. The molecule has 3 rings (SSSR count). The Hall–Kier alpha value is -0.750. The molecule has 1 unspecified atom stereocenters. The van der Waals surface area contributed by atoms with E-state index in [1.807, 2.05) is 17.8 Å². The molecular formula is C16H23ClN2O2S. The first-order valence-electron chi connectivity index (χ1n) is 7.56. The lowest BCUT2D eigenvalue weighted by atomic mass is 9.79. The molecule has 3 N–H and O–H groups in total. The van der Waals surface area contributed by atoms with Crippen LogP contribution < -0.4 is 11.1 Å². The van der Waals surface area contributed by atoms with Crippen LogP contribution in [-0.2, 0) is 9.53 Å². The van der Waals surface area contributed by atoms with E-state index in [-0.39, 0.29) is 24.4 Å². The first-order valence-corrected chi connectivity index (χ1v) is 8.54. The largest absolute Gasteiger partial charge is 0.381 e. The standard InChI is InChI=1S/C16H22N2O2S.ClH/c17-11-16(6-8-20-9-7-16)15(19)18-13-5-10-21-14-4-2-1-3-12(13)14;/h1-4,13H,5-11,17H2,(H,18,19);1H. The van der Waals surface area contributed by atoms with Crippen molar-refractivity contribution in [3.8, 4) is 0 Å². The summed E-state index contributed by atoms with van der Waals surface area (Å²) in [5, 5.41) is 3.25. The van der Waals surface area contributed by atoms with Crippen LogP contribution in [0.1, 0.15) is 30.9 Å². The minimum absolute atomic E-state index is 0. The lowest BCUT2D eigenvalue weighted by Gasteiger charge is -2.37. The average Bonchev–Trinajstić information content (AvgIpc) is 2.56. The summed E-state index contributed by atoms with van der Waals surface area (Å²) in [6.45, 7) is 1.65. The quantitative estimate of drug-likeness (QED) is 0.886. The van der Waals surface area contributed by atoms with Crippen molar-refractivity contribution in [1.82, 2.24) is 5.32 Å². The number of nitrogens with two attached hydrogens (primary N) is 1. The summed E-state index contributed by atoms with van der Waals surface area (Å²) in [7, 11) is 0. The maximum atomic E-state index is 12.8. The number of benzene rings is 1. The highest BCUT2D eigenvalue weighted by Gasteiger charge is 2.40. The molecule has 0 saturated carbocycles. The van der Waals surface area contributed by atoms with Crippen LogP contribution in [0.15, 0.2) is 29.2 Å². The zero-order valence-electron chi connectivity index (χ0n) is 12.5. The predicted molar refractivity (Wildman–Crippen MR) is 91.5 cm³/mol. The Kier molecular flexibility index (Phi) is 6.15. The SMILES string of the molecule is Cl.NCC1(C(=O)NC2CCSc3ccccc32)CCOCC1. The second-order valence-corrected chi connectivity index (χ2v) is 6.93. The zero-order valence-corrected chi connectivity index (χ0v) is 14.2. The summed E-state index contributed by atoms with van der Waals surface area (Å²) < 4.78 is 5.38. The van der Waals surface area contributed by atoms with Gasteiger partial charge in [0.1, 0.15) is 0 Å². The van der Waals surface area contributed by atoms with Crippen LogP contribution in [0.3, 0.4) is 0 Å². The summed E-state index contributed by atoms with van der Waals surface area (Å²) in [6, 6.07) is 8.45. The number of hydrogen-bond acceptors (Lipinski definition) is 4. The van der Waals surface area contributed by atoms with Crippen LogP contribution in [0.2, 0.25) is 0 Å². The third-order valence-corrected chi connectivity index (χ3v) is 5.71. The molecule has 2 aliphatic rings. The molecule has 0 bridgehead atoms. The molecular weight excluding hydrogens is 320 g/mol. The summed E-state index contributed by atoms with van der Waals surface area (Å²) in [4.78, 5) is 14.1. The molecule has 0 radical (unpaired) electrons. The Morgan fingerprint density at radius 2 is 2.09 bits per heavy atom. The molecule has 122 valence electrons. The minimum Gasteiger partial charge on any atom is -0.381 e. The number of amides is 1. The molecule has 1 aromatic rings. The van der Waals surface area contributed by atoms with Gasteiger partial charge in [0.15, 0.2) is 0 Å². The van der Waals surface area contributed by atoms with Crippen molar-refractivity contribution in [2.45, 2.75) is 30.2 Å². The second-order valence-electron chi connectivity index (χ2n) is 5.80. The zero-order chi connectivity index (χ0) is 14.7. The molecule has 2 aliphatic heterocycles. The van der Waals surface area contributed by atoms with Crippen molar-refractivity contribution in [3.63, 3.8) is 0 Å². The Bertz CT molecular complexity index is 521. The van der Waals surface area contributed by atoms with Gasteiger partial charge in [-0.05, 0) is 30.9 Å². The van der Waals surface area contributed by atoms with Gasteiger partial charge in [-0.3, -0.25) is 4.79 Å².